The van der Waals surface area contributed by atoms with Crippen molar-refractivity contribution in [1.29, 1.82) is 0 Å². The van der Waals surface area contributed by atoms with Crippen molar-refractivity contribution in [2.24, 2.45) is 40.9 Å². The molecule has 1 aromatic heterocycles. The normalized spacial score (nSPS) is 13.1. The van der Waals surface area contributed by atoms with E-state index >= 15 is 0 Å². The third kappa shape index (κ3) is 13.6. The molecule has 0 saturated carbocycles. The fraction of sp³-hybridized carbons (Fsp3) is 0. The number of nitrogens with two attached hydrogens (primary N) is 1. The van der Waals surface area contributed by atoms with E-state index in [0.29, 0.717) is 35.0 Å². The summed E-state index contributed by atoms with van der Waals surface area (Å²) in [5.41, 5.74) is -5.23. The lowest BCUT2D eigenvalue weighted by molar-refractivity contribution is -0.432. The summed E-state index contributed by atoms with van der Waals surface area (Å²) in [5.74, 6) is -4.45. The van der Waals surface area contributed by atoms with E-state index in [-0.39, 0.29) is 23.8 Å². The van der Waals surface area contributed by atoms with E-state index in [9.17, 15) is 113 Å². The Bertz CT molecular complexity index is 5310. The number of nitro groups is 1. The second-order valence-electron chi connectivity index (χ2n) is 17.1. The molecule has 0 unspecified atom stereocenters. The van der Waals surface area contributed by atoms with Crippen LogP contribution in [0.15, 0.2) is 171 Å². The number of anilines is 1. The third-order valence-electron chi connectivity index (χ3n) is 11.6. The van der Waals surface area contributed by atoms with Gasteiger partial charge in [-0.1, -0.05) is 5.04 Å². The standard InChI is InChI=1S/C42H28N12O28S7/c43-33-26(15-28(85(66,67)68)22-13-27(83-82-81-62)34(39(56)32(22)33)49-45-24-9-4-18(54(60)61)12-30(24)87(72,73)74)48-47-25-10-7-20-21(40(25)89(78,79)80)14-31(88(75,76)77)35(38(20)55)50-44-16-1-8-23(29(11-16)86(69,70)71)46-51-36-37(42(58)59)52-53(41(36)57)17-2-5-19(6-3-17)84(63,64)65/h1-15,52,55-56,62H,43H2,(H,58,59)(H,63,64,65)(H,66,67,68)(H,69,70,71)(H,72,73,74)(H,75,76,77)(H,78,79,80). The number of fused-ring (bicyclic) bond motifs is 2. The van der Waals surface area contributed by atoms with Gasteiger partial charge in [0, 0.05) is 28.3 Å². The Morgan fingerprint density at radius 2 is 1.10 bits per heavy atom. The summed E-state index contributed by atoms with van der Waals surface area (Å²) in [7, 11) is -32.4. The molecule has 8 rings (SSSR count). The van der Waals surface area contributed by atoms with Gasteiger partial charge < -0.3 is 21.1 Å². The zero-order valence-corrected chi connectivity index (χ0v) is 48.1. The average molecular weight is 1370 g/mol. The van der Waals surface area contributed by atoms with E-state index in [1.165, 1.54) is 0 Å². The number of aromatic nitrogens is 2. The number of azo groups is 4. The summed E-state index contributed by atoms with van der Waals surface area (Å²) in [6, 6.07) is 10.4. The molecule has 0 spiro atoms. The number of aromatic hydroxyl groups is 2. The molecule has 0 fully saturated rings. The van der Waals surface area contributed by atoms with Crippen molar-refractivity contribution < 1.29 is 117 Å². The second-order valence-corrected chi connectivity index (χ2v) is 26.2. The number of carboxylic acids is 1. The van der Waals surface area contributed by atoms with Crippen LogP contribution in [0.4, 0.5) is 56.9 Å². The highest BCUT2D eigenvalue weighted by Crippen LogP contribution is 2.51. The van der Waals surface area contributed by atoms with Gasteiger partial charge in [0.15, 0.2) is 22.9 Å². The zero-order valence-electron chi connectivity index (χ0n) is 42.4. The number of aromatic amines is 1. The van der Waals surface area contributed by atoms with Crippen LogP contribution in [-0.4, -0.2) is 119 Å². The van der Waals surface area contributed by atoms with Crippen molar-refractivity contribution in [1.82, 2.24) is 9.78 Å². The molecule has 7 aromatic carbocycles. The molecule has 0 aliphatic carbocycles. The smallest absolute Gasteiger partial charge is 0.356 e. The number of nitrogens with zero attached hydrogens (tertiary/aromatic N) is 10. The van der Waals surface area contributed by atoms with E-state index in [1.807, 2.05) is 0 Å². The Labute approximate surface area is 497 Å². The van der Waals surface area contributed by atoms with Crippen molar-refractivity contribution in [2.75, 3.05) is 5.73 Å². The zero-order chi connectivity index (χ0) is 65.8. The van der Waals surface area contributed by atoms with E-state index in [0.717, 1.165) is 54.6 Å². The van der Waals surface area contributed by atoms with Gasteiger partial charge in [-0.3, -0.25) is 47.3 Å². The van der Waals surface area contributed by atoms with Gasteiger partial charge in [0.1, 0.15) is 58.6 Å². The third-order valence-corrected chi connectivity index (χ3v) is 17.6. The molecule has 40 nitrogen and oxygen atoms in total. The number of carbonyl (C=O) groups is 1. The summed E-state index contributed by atoms with van der Waals surface area (Å²) >= 11 is -0.0553. The number of nitrogens with one attached hydrogen (secondary N) is 1. The van der Waals surface area contributed by atoms with E-state index < -0.39 is 207 Å². The van der Waals surface area contributed by atoms with Crippen LogP contribution in [0.2, 0.25) is 0 Å². The van der Waals surface area contributed by atoms with Crippen LogP contribution in [0.5, 0.6) is 11.5 Å². The molecule has 8 aromatic rings. The minimum absolute atomic E-state index is 0.0553. The van der Waals surface area contributed by atoms with Crippen molar-refractivity contribution in [3.05, 3.63) is 117 Å². The molecular weight excluding hydrogens is 1340 g/mol. The first-order valence-corrected chi connectivity index (χ1v) is 31.8. The lowest BCUT2D eigenvalue weighted by Gasteiger charge is -2.15. The Morgan fingerprint density at radius 3 is 1.65 bits per heavy atom. The topological polar surface area (TPSA) is 649 Å². The number of carboxylic acid groups (broad SMARTS) is 1. The number of benzene rings is 7. The first kappa shape index (κ1) is 65.4. The molecular formula is C42H28N12O28S7. The fourth-order valence-electron chi connectivity index (χ4n) is 7.84. The Morgan fingerprint density at radius 1 is 0.562 bits per heavy atom. The number of nitro benzene ring substituents is 1. The molecule has 1 heterocycles. The van der Waals surface area contributed by atoms with Crippen LogP contribution < -0.4 is 11.3 Å². The van der Waals surface area contributed by atoms with Gasteiger partial charge >= 0.3 is 5.97 Å². The van der Waals surface area contributed by atoms with Gasteiger partial charge in [0.05, 0.1) is 49.2 Å². The predicted octanol–water partition coefficient (Wildman–Crippen LogP) is 7.64. The van der Waals surface area contributed by atoms with Gasteiger partial charge in [0.2, 0.25) is 0 Å². The average Bonchev–Trinajstić information content (AvgIpc) is 1.42. The molecule has 0 saturated heterocycles. The molecule has 0 aliphatic rings. The maximum absolute atomic E-state index is 13.3. The predicted molar refractivity (Wildman–Crippen MR) is 295 cm³/mol. The highest BCUT2D eigenvalue weighted by atomic mass is 32.2. The highest BCUT2D eigenvalue weighted by molar-refractivity contribution is 7.94. The first-order valence-electron chi connectivity index (χ1n) is 22.4. The molecule has 466 valence electrons. The number of hydrogen-bond donors (Lipinski definition) is 12. The lowest BCUT2D eigenvalue weighted by atomic mass is 10.0. The van der Waals surface area contributed by atoms with Crippen LogP contribution in [0, 0.1) is 10.1 Å². The summed E-state index contributed by atoms with van der Waals surface area (Å²) in [6.45, 7) is 0. The summed E-state index contributed by atoms with van der Waals surface area (Å²) < 4.78 is 216. The highest BCUT2D eigenvalue weighted by Gasteiger charge is 2.31. The van der Waals surface area contributed by atoms with Crippen molar-refractivity contribution in [2.45, 2.75) is 34.3 Å². The Hall–Kier alpha value is -9.57. The number of non-ortho nitro benzene ring substituents is 1. The number of hydrogen-bond acceptors (Lipinski definition) is 31. The number of nitrogen functional groups attached to an aromatic ring is 1. The Kier molecular flexibility index (Phi) is 17.5. The maximum Gasteiger partial charge on any atom is 0.356 e. The number of aromatic carboxylic acids is 1. The van der Waals surface area contributed by atoms with Gasteiger partial charge in [-0.15, -0.1) is 40.1 Å². The molecule has 0 aliphatic heterocycles. The van der Waals surface area contributed by atoms with Crippen LogP contribution in [0.3, 0.4) is 0 Å². The lowest BCUT2D eigenvalue weighted by Crippen LogP contribution is -2.14. The number of rotatable bonds is 20. The fourth-order valence-corrected chi connectivity index (χ4v) is 12.3. The molecule has 47 heteroatoms. The van der Waals surface area contributed by atoms with Gasteiger partial charge in [-0.2, -0.15) is 55.6 Å². The SMILES string of the molecule is Nc1c(N=Nc2ccc3c(O)c(N=Nc4ccc(N=Nc5c(C(=O)O)[nH]n(-c6ccc(S(=O)(=O)O)cc6)c5=O)c(S(=O)(=O)O)c4)c(S(=O)(=O)O)cc3c2S(=O)(=O)O)cc(S(=O)(=O)O)c2cc(SOOO)c(N=Nc3ccc([N+](=O)[O-])cc3S(=O)(=O)O)c(O)c12. The number of phenols is 2. The number of H-pyrrole nitrogens is 1. The van der Waals surface area contributed by atoms with E-state index in [4.69, 9.17) is 11.0 Å². The van der Waals surface area contributed by atoms with Crippen LogP contribution >= 0.6 is 12.0 Å². The largest absolute Gasteiger partial charge is 0.505 e. The van der Waals surface area contributed by atoms with E-state index in [1.54, 1.807) is 0 Å². The maximum atomic E-state index is 13.3. The van der Waals surface area contributed by atoms with E-state index in [2.05, 4.69) is 55.4 Å². The minimum Gasteiger partial charge on any atom is -0.505 e. The molecule has 0 bridgehead atoms. The summed E-state index contributed by atoms with van der Waals surface area (Å²) in [4.78, 5) is 27.9. The molecule has 0 radical (unpaired) electrons. The van der Waals surface area contributed by atoms with Crippen molar-refractivity contribution in [3.8, 4) is 17.2 Å². The van der Waals surface area contributed by atoms with Crippen molar-refractivity contribution >= 4 is 157 Å². The molecule has 89 heavy (non-hydrogen) atoms. The monoisotopic (exact) mass is 1370 g/mol. The quantitative estimate of drug-likeness (QED) is 0.00663. The second kappa shape index (κ2) is 23.8. The van der Waals surface area contributed by atoms with Gasteiger partial charge in [-0.05, 0) is 78.9 Å². The molecule has 13 N–H and O–H groups in total. The van der Waals surface area contributed by atoms with Crippen LogP contribution in [-0.2, 0) is 70.1 Å². The summed E-state index contributed by atoms with van der Waals surface area (Å²) in [6.07, 6.45) is 0. The van der Waals surface area contributed by atoms with Gasteiger partial charge in [0.25, 0.3) is 72.0 Å². The van der Waals surface area contributed by atoms with Crippen LogP contribution in [0.1, 0.15) is 10.5 Å². The number of phenolic OH excluding ortho intramolecular Hbond substituents is 2. The molecule has 0 amide bonds. The van der Waals surface area contributed by atoms with Crippen LogP contribution in [0.25, 0.3) is 27.2 Å². The summed E-state index contributed by atoms with van der Waals surface area (Å²) in [5, 5.41) is 84.2. The first-order chi connectivity index (χ1) is 41.2. The van der Waals surface area contributed by atoms with Gasteiger partial charge in [-0.25, -0.2) is 14.7 Å². The Balaban J connectivity index is 1.22. The molecule has 0 atom stereocenters. The minimum atomic E-state index is -5.76. The van der Waals surface area contributed by atoms with Crippen molar-refractivity contribution in [3.63, 3.8) is 0 Å².